The zero-order valence-electron chi connectivity index (χ0n) is 16.6. The van der Waals surface area contributed by atoms with Gasteiger partial charge in [-0.3, -0.25) is 0 Å². The number of alkyl halides is 12. The molecule has 0 saturated carbocycles. The molecule has 1 heterocycles. The van der Waals surface area contributed by atoms with Crippen molar-refractivity contribution in [2.45, 2.75) is 24.7 Å². The zero-order valence-corrected chi connectivity index (χ0v) is 16.6. The van der Waals surface area contributed by atoms with E-state index in [1.807, 2.05) is 0 Å². The Morgan fingerprint density at radius 2 is 0.611 bits per heavy atom. The molecule has 0 spiro atoms. The molecule has 0 bridgehead atoms. The van der Waals surface area contributed by atoms with Crippen LogP contribution in [0.25, 0.3) is 0 Å². The van der Waals surface area contributed by atoms with Gasteiger partial charge < -0.3 is 9.47 Å². The fourth-order valence-corrected chi connectivity index (χ4v) is 2.47. The van der Waals surface area contributed by atoms with Crippen molar-refractivity contribution in [1.82, 2.24) is 20.4 Å². The van der Waals surface area contributed by atoms with Gasteiger partial charge in [-0.15, -0.1) is 0 Å². The summed E-state index contributed by atoms with van der Waals surface area (Å²) in [5.74, 6) is -2.05. The number of halogens is 12. The molecule has 36 heavy (non-hydrogen) atoms. The molecule has 0 unspecified atom stereocenters. The Labute approximate surface area is 190 Å². The zero-order chi connectivity index (χ0) is 27.1. The maximum atomic E-state index is 12.9. The van der Waals surface area contributed by atoms with Crippen molar-refractivity contribution < 1.29 is 62.2 Å². The molecule has 0 fully saturated rings. The highest BCUT2D eigenvalue weighted by Gasteiger charge is 2.38. The van der Waals surface area contributed by atoms with E-state index in [2.05, 4.69) is 29.9 Å². The number of rotatable bonds is 4. The summed E-state index contributed by atoms with van der Waals surface area (Å²) in [6.07, 6.45) is -20.7. The molecule has 18 heteroatoms. The fourth-order valence-electron chi connectivity index (χ4n) is 2.47. The van der Waals surface area contributed by atoms with E-state index in [1.165, 1.54) is 0 Å². The van der Waals surface area contributed by atoms with E-state index in [0.717, 1.165) is 0 Å². The van der Waals surface area contributed by atoms with E-state index in [1.54, 1.807) is 0 Å². The first-order valence-corrected chi connectivity index (χ1v) is 8.84. The van der Waals surface area contributed by atoms with Gasteiger partial charge in [-0.25, -0.2) is 0 Å². The summed E-state index contributed by atoms with van der Waals surface area (Å²) in [6.45, 7) is 0. The minimum absolute atomic E-state index is 0.175. The number of aromatic nitrogens is 4. The van der Waals surface area contributed by atoms with Crippen LogP contribution in [0.1, 0.15) is 22.3 Å². The second-order valence-electron chi connectivity index (χ2n) is 6.65. The Hall–Kier alpha value is -3.86. The lowest BCUT2D eigenvalue weighted by atomic mass is 10.1. The average Bonchev–Trinajstić information content (AvgIpc) is 2.72. The van der Waals surface area contributed by atoms with Crippen molar-refractivity contribution in [2.24, 2.45) is 0 Å². The lowest BCUT2D eigenvalue weighted by Crippen LogP contribution is -2.11. The monoisotopic (exact) mass is 538 g/mol. The van der Waals surface area contributed by atoms with Crippen LogP contribution in [0.5, 0.6) is 23.5 Å². The predicted molar refractivity (Wildman–Crippen MR) is 90.7 cm³/mol. The quantitative estimate of drug-likeness (QED) is 0.336. The van der Waals surface area contributed by atoms with E-state index in [9.17, 15) is 52.7 Å². The number of hydrogen-bond acceptors (Lipinski definition) is 6. The highest BCUT2D eigenvalue weighted by molar-refractivity contribution is 5.39. The maximum absolute atomic E-state index is 12.9. The second-order valence-corrected chi connectivity index (χ2v) is 6.65. The van der Waals surface area contributed by atoms with Crippen LogP contribution in [-0.4, -0.2) is 20.4 Å². The molecular formula is C18H6F12N4O2. The van der Waals surface area contributed by atoms with Crippen LogP contribution in [0.15, 0.2) is 36.4 Å². The number of hydrogen-bond donors (Lipinski definition) is 0. The Bertz CT molecular complexity index is 1070. The fraction of sp³-hybridized carbons (Fsp3) is 0.222. The molecule has 2 aromatic carbocycles. The van der Waals surface area contributed by atoms with Crippen LogP contribution in [-0.2, 0) is 24.7 Å². The minimum atomic E-state index is -5.19. The van der Waals surface area contributed by atoms with E-state index < -0.39 is 70.5 Å². The summed E-state index contributed by atoms with van der Waals surface area (Å²) in [4.78, 5) is 0. The molecule has 0 radical (unpaired) electrons. The lowest BCUT2D eigenvalue weighted by molar-refractivity contribution is -0.144. The molecule has 3 rings (SSSR count). The van der Waals surface area contributed by atoms with Crippen LogP contribution < -0.4 is 9.47 Å². The molecule has 0 atom stereocenters. The molecular weight excluding hydrogens is 532 g/mol. The third-order valence-electron chi connectivity index (χ3n) is 3.98. The third kappa shape index (κ3) is 6.63. The van der Waals surface area contributed by atoms with Crippen LogP contribution in [0.2, 0.25) is 0 Å². The number of ether oxygens (including phenoxy) is 2. The molecule has 6 nitrogen and oxygen atoms in total. The summed E-state index contributed by atoms with van der Waals surface area (Å²) < 4.78 is 164. The van der Waals surface area contributed by atoms with Crippen LogP contribution in [0, 0.1) is 0 Å². The SMILES string of the molecule is FC(F)(F)c1cc(Oc2nnc(Oc3cc(C(F)(F)F)cc(C(F)(F)F)c3)nn2)cc(C(F)(F)F)c1. The summed E-state index contributed by atoms with van der Waals surface area (Å²) >= 11 is 0. The lowest BCUT2D eigenvalue weighted by Gasteiger charge is -2.14. The summed E-state index contributed by atoms with van der Waals surface area (Å²) in [5.41, 5.74) is -6.90. The Kier molecular flexibility index (Phi) is 6.67. The predicted octanol–water partition coefficient (Wildman–Crippen LogP) is 6.93. The normalized spacial score (nSPS) is 13.0. The van der Waals surface area contributed by atoms with Crippen molar-refractivity contribution >= 4 is 0 Å². The molecule has 0 saturated heterocycles. The Morgan fingerprint density at radius 3 is 0.806 bits per heavy atom. The van der Waals surface area contributed by atoms with Gasteiger partial charge in [0.1, 0.15) is 11.5 Å². The van der Waals surface area contributed by atoms with Crippen molar-refractivity contribution in [2.75, 3.05) is 0 Å². The van der Waals surface area contributed by atoms with Crippen molar-refractivity contribution in [3.63, 3.8) is 0 Å². The van der Waals surface area contributed by atoms with Gasteiger partial charge in [-0.1, -0.05) is 20.4 Å². The maximum Gasteiger partial charge on any atom is 0.416 e. The van der Waals surface area contributed by atoms with Crippen molar-refractivity contribution in [3.05, 3.63) is 58.7 Å². The number of benzene rings is 2. The van der Waals surface area contributed by atoms with Crippen LogP contribution in [0.4, 0.5) is 52.7 Å². The van der Waals surface area contributed by atoms with E-state index in [-0.39, 0.29) is 36.4 Å². The second kappa shape index (κ2) is 8.98. The summed E-state index contributed by atoms with van der Waals surface area (Å²) in [7, 11) is 0. The van der Waals surface area contributed by atoms with Crippen molar-refractivity contribution in [3.8, 4) is 23.5 Å². The molecule has 0 aliphatic rings. The third-order valence-corrected chi connectivity index (χ3v) is 3.98. The van der Waals surface area contributed by atoms with E-state index in [4.69, 9.17) is 0 Å². The van der Waals surface area contributed by atoms with Gasteiger partial charge in [0.25, 0.3) is 0 Å². The van der Waals surface area contributed by atoms with Crippen LogP contribution >= 0.6 is 0 Å². The highest BCUT2D eigenvalue weighted by Crippen LogP contribution is 2.40. The van der Waals surface area contributed by atoms with Gasteiger partial charge in [-0.2, -0.15) is 52.7 Å². The van der Waals surface area contributed by atoms with Crippen molar-refractivity contribution in [1.29, 1.82) is 0 Å². The summed E-state index contributed by atoms with van der Waals surface area (Å²) in [6, 6.07) is -1.65. The Morgan fingerprint density at radius 1 is 0.389 bits per heavy atom. The van der Waals surface area contributed by atoms with E-state index >= 15 is 0 Å². The molecule has 194 valence electrons. The van der Waals surface area contributed by atoms with E-state index in [0.29, 0.717) is 0 Å². The molecule has 1 aromatic heterocycles. The highest BCUT2D eigenvalue weighted by atomic mass is 19.4. The molecule has 0 aliphatic heterocycles. The first-order valence-electron chi connectivity index (χ1n) is 8.84. The topological polar surface area (TPSA) is 70.0 Å². The largest absolute Gasteiger partial charge is 0.422 e. The molecule has 0 N–H and O–H groups in total. The van der Waals surface area contributed by atoms with Gasteiger partial charge in [0, 0.05) is 0 Å². The van der Waals surface area contributed by atoms with Crippen LogP contribution in [0.3, 0.4) is 0 Å². The standard InChI is InChI=1S/C18H6F12N4O2/c19-15(20,21)7-1-8(16(22,23)24)4-11(3-7)35-13-31-33-14(34-32-13)36-12-5-9(17(25,26)27)2-10(6-12)18(28,29)30/h1-6H. The average molecular weight is 538 g/mol. The first-order chi connectivity index (χ1) is 16.3. The van der Waals surface area contributed by atoms with Gasteiger partial charge in [0.05, 0.1) is 22.3 Å². The minimum Gasteiger partial charge on any atom is -0.422 e. The van der Waals surface area contributed by atoms with Gasteiger partial charge in [0.2, 0.25) is 0 Å². The molecule has 0 amide bonds. The molecule has 0 aliphatic carbocycles. The first kappa shape index (κ1) is 26.7. The smallest absolute Gasteiger partial charge is 0.416 e. The summed E-state index contributed by atoms with van der Waals surface area (Å²) in [5, 5.41) is 12.5. The molecule has 3 aromatic rings. The van der Waals surface area contributed by atoms with Gasteiger partial charge in [-0.05, 0) is 36.4 Å². The number of nitrogens with zero attached hydrogens (tertiary/aromatic N) is 4. The van der Waals surface area contributed by atoms with Gasteiger partial charge >= 0.3 is 36.7 Å². The Balaban J connectivity index is 1.87. The van der Waals surface area contributed by atoms with Gasteiger partial charge in [0.15, 0.2) is 0 Å².